The number of nitrogens with zero attached hydrogens (tertiary/aromatic N) is 2. The summed E-state index contributed by atoms with van der Waals surface area (Å²) in [6, 6.07) is 7.87. The number of benzene rings is 1. The minimum atomic E-state index is -3.35. The van der Waals surface area contributed by atoms with E-state index in [9.17, 15) is 13.2 Å². The minimum Gasteiger partial charge on any atom is -0.314 e. The van der Waals surface area contributed by atoms with Gasteiger partial charge >= 0.3 is 0 Å². The Labute approximate surface area is 137 Å². The first-order valence-corrected chi connectivity index (χ1v) is 9.76. The molecular formula is C16H23N3O3S. The number of carbonyl (C=O) groups excluding carboxylic acids is 1. The topological polar surface area (TPSA) is 69.7 Å². The molecular weight excluding hydrogens is 314 g/mol. The quantitative estimate of drug-likeness (QED) is 0.873. The number of hydrogen-bond donors (Lipinski definition) is 1. The standard InChI is InChI=1S/C16H23N3O3S/c20-16(7-13-23(21,22)18-11-8-17-9-12-18)19-10-3-5-14-4-1-2-6-15(14)19/h1-2,4,6,17H,3,5,7-13H2. The Hall–Kier alpha value is -1.44. The molecule has 0 atom stereocenters. The monoisotopic (exact) mass is 337 g/mol. The van der Waals surface area contributed by atoms with Crippen molar-refractivity contribution >= 4 is 21.6 Å². The Kier molecular flexibility index (Phi) is 4.99. The molecule has 0 aromatic heterocycles. The highest BCUT2D eigenvalue weighted by molar-refractivity contribution is 7.89. The van der Waals surface area contributed by atoms with Gasteiger partial charge in [0, 0.05) is 44.8 Å². The Morgan fingerprint density at radius 3 is 2.65 bits per heavy atom. The van der Waals surface area contributed by atoms with Crippen molar-refractivity contribution < 1.29 is 13.2 Å². The van der Waals surface area contributed by atoms with Crippen LogP contribution < -0.4 is 10.2 Å². The second-order valence-electron chi connectivity index (χ2n) is 5.99. The van der Waals surface area contributed by atoms with Gasteiger partial charge in [0.2, 0.25) is 15.9 Å². The molecule has 1 N–H and O–H groups in total. The van der Waals surface area contributed by atoms with Gasteiger partial charge in [-0.3, -0.25) is 4.79 Å². The smallest absolute Gasteiger partial charge is 0.228 e. The van der Waals surface area contributed by atoms with E-state index < -0.39 is 10.0 Å². The van der Waals surface area contributed by atoms with E-state index >= 15 is 0 Å². The fraction of sp³-hybridized carbons (Fsp3) is 0.562. The summed E-state index contributed by atoms with van der Waals surface area (Å²) in [5.41, 5.74) is 2.10. The molecule has 0 saturated carbocycles. The summed E-state index contributed by atoms with van der Waals surface area (Å²) in [4.78, 5) is 14.3. The van der Waals surface area contributed by atoms with Crippen molar-refractivity contribution in [2.75, 3.05) is 43.4 Å². The number of carbonyl (C=O) groups is 1. The van der Waals surface area contributed by atoms with E-state index in [1.165, 1.54) is 4.31 Å². The number of fused-ring (bicyclic) bond motifs is 1. The number of piperazine rings is 1. The fourth-order valence-corrected chi connectivity index (χ4v) is 4.63. The second-order valence-corrected chi connectivity index (χ2v) is 8.08. The molecule has 0 bridgehead atoms. The molecule has 1 aromatic carbocycles. The number of nitrogens with one attached hydrogen (secondary N) is 1. The summed E-state index contributed by atoms with van der Waals surface area (Å²) < 4.78 is 26.2. The molecule has 6 nitrogen and oxygen atoms in total. The van der Waals surface area contributed by atoms with Gasteiger partial charge in [-0.05, 0) is 24.5 Å². The number of rotatable bonds is 4. The van der Waals surface area contributed by atoms with Gasteiger partial charge in [0.1, 0.15) is 0 Å². The number of para-hydroxylation sites is 1. The van der Waals surface area contributed by atoms with E-state index in [1.807, 2.05) is 24.3 Å². The summed E-state index contributed by atoms with van der Waals surface area (Å²) in [5.74, 6) is -0.208. The zero-order chi connectivity index (χ0) is 16.3. The van der Waals surface area contributed by atoms with Gasteiger partial charge in [-0.2, -0.15) is 4.31 Å². The van der Waals surface area contributed by atoms with Crippen LogP contribution in [0.15, 0.2) is 24.3 Å². The first-order valence-electron chi connectivity index (χ1n) is 8.15. The van der Waals surface area contributed by atoms with Gasteiger partial charge in [-0.1, -0.05) is 18.2 Å². The summed E-state index contributed by atoms with van der Waals surface area (Å²) in [5, 5.41) is 3.13. The largest absolute Gasteiger partial charge is 0.314 e. The summed E-state index contributed by atoms with van der Waals surface area (Å²) >= 11 is 0. The van der Waals surface area contributed by atoms with Crippen molar-refractivity contribution in [3.8, 4) is 0 Å². The van der Waals surface area contributed by atoms with Crippen molar-refractivity contribution in [2.45, 2.75) is 19.3 Å². The summed E-state index contributed by atoms with van der Waals surface area (Å²) in [7, 11) is -3.35. The van der Waals surface area contributed by atoms with Crippen LogP contribution >= 0.6 is 0 Å². The third kappa shape index (κ3) is 3.73. The first-order chi connectivity index (χ1) is 11.1. The summed E-state index contributed by atoms with van der Waals surface area (Å²) in [6.45, 7) is 3.00. The van der Waals surface area contributed by atoms with Crippen molar-refractivity contribution in [3.05, 3.63) is 29.8 Å². The van der Waals surface area contributed by atoms with Crippen molar-refractivity contribution in [1.29, 1.82) is 0 Å². The van der Waals surface area contributed by atoms with E-state index in [1.54, 1.807) is 4.90 Å². The maximum Gasteiger partial charge on any atom is 0.228 e. The molecule has 126 valence electrons. The van der Waals surface area contributed by atoms with E-state index in [-0.39, 0.29) is 18.1 Å². The highest BCUT2D eigenvalue weighted by atomic mass is 32.2. The third-order valence-corrected chi connectivity index (χ3v) is 6.33. The molecule has 0 spiro atoms. The fourth-order valence-electron chi connectivity index (χ4n) is 3.20. The van der Waals surface area contributed by atoms with Crippen LogP contribution in [0.25, 0.3) is 0 Å². The lowest BCUT2D eigenvalue weighted by molar-refractivity contribution is -0.118. The van der Waals surface area contributed by atoms with Crippen molar-refractivity contribution in [3.63, 3.8) is 0 Å². The number of aryl methyl sites for hydroxylation is 1. The van der Waals surface area contributed by atoms with Gasteiger partial charge < -0.3 is 10.2 Å². The van der Waals surface area contributed by atoms with Crippen molar-refractivity contribution in [2.24, 2.45) is 0 Å². The molecule has 7 heteroatoms. The Morgan fingerprint density at radius 2 is 1.87 bits per heavy atom. The van der Waals surface area contributed by atoms with Gasteiger partial charge in [0.25, 0.3) is 0 Å². The highest BCUT2D eigenvalue weighted by Crippen LogP contribution is 2.27. The predicted octanol–water partition coefficient (Wildman–Crippen LogP) is 0.591. The molecule has 0 radical (unpaired) electrons. The van der Waals surface area contributed by atoms with Gasteiger partial charge in [0.05, 0.1) is 5.75 Å². The SMILES string of the molecule is O=C(CCS(=O)(=O)N1CCNCC1)N1CCCc2ccccc21. The Morgan fingerprint density at radius 1 is 1.13 bits per heavy atom. The third-order valence-electron chi connectivity index (χ3n) is 4.45. The van der Waals surface area contributed by atoms with Gasteiger partial charge in [-0.25, -0.2) is 8.42 Å². The predicted molar refractivity (Wildman–Crippen MR) is 90.0 cm³/mol. The maximum absolute atomic E-state index is 12.5. The normalized spacial score (nSPS) is 19.4. The van der Waals surface area contributed by atoms with Crippen LogP contribution in [0, 0.1) is 0 Å². The van der Waals surface area contributed by atoms with E-state index in [4.69, 9.17) is 0 Å². The van der Waals surface area contributed by atoms with Crippen LogP contribution in [0.1, 0.15) is 18.4 Å². The molecule has 1 aromatic rings. The van der Waals surface area contributed by atoms with E-state index in [0.29, 0.717) is 32.7 Å². The zero-order valence-electron chi connectivity index (χ0n) is 13.2. The highest BCUT2D eigenvalue weighted by Gasteiger charge is 2.27. The lowest BCUT2D eigenvalue weighted by Gasteiger charge is -2.30. The Balaban J connectivity index is 1.64. The van der Waals surface area contributed by atoms with Crippen LogP contribution in [-0.4, -0.2) is 57.1 Å². The van der Waals surface area contributed by atoms with Crippen molar-refractivity contribution in [1.82, 2.24) is 9.62 Å². The molecule has 1 saturated heterocycles. The molecule has 0 aliphatic carbocycles. The average Bonchev–Trinajstić information content (AvgIpc) is 2.60. The molecule has 3 rings (SSSR count). The van der Waals surface area contributed by atoms with Crippen LogP contribution in [0.4, 0.5) is 5.69 Å². The molecule has 1 amide bonds. The number of hydrogen-bond acceptors (Lipinski definition) is 4. The van der Waals surface area contributed by atoms with Crippen LogP contribution in [-0.2, 0) is 21.2 Å². The van der Waals surface area contributed by atoms with E-state index in [0.717, 1.165) is 24.1 Å². The van der Waals surface area contributed by atoms with E-state index in [2.05, 4.69) is 5.32 Å². The van der Waals surface area contributed by atoms with Crippen LogP contribution in [0.2, 0.25) is 0 Å². The van der Waals surface area contributed by atoms with Crippen LogP contribution in [0.3, 0.4) is 0 Å². The first kappa shape index (κ1) is 16.4. The number of sulfonamides is 1. The summed E-state index contributed by atoms with van der Waals surface area (Å²) in [6.07, 6.45) is 1.94. The zero-order valence-corrected chi connectivity index (χ0v) is 14.0. The molecule has 2 aliphatic heterocycles. The van der Waals surface area contributed by atoms with Gasteiger partial charge in [0.15, 0.2) is 0 Å². The molecule has 2 heterocycles. The van der Waals surface area contributed by atoms with Crippen LogP contribution in [0.5, 0.6) is 0 Å². The molecule has 1 fully saturated rings. The maximum atomic E-state index is 12.5. The Bertz CT molecular complexity index is 669. The molecule has 23 heavy (non-hydrogen) atoms. The molecule has 2 aliphatic rings. The lowest BCUT2D eigenvalue weighted by Crippen LogP contribution is -2.47. The molecule has 0 unspecified atom stereocenters. The number of anilines is 1. The minimum absolute atomic E-state index is 0.0423. The number of amides is 1. The van der Waals surface area contributed by atoms with Gasteiger partial charge in [-0.15, -0.1) is 0 Å². The second kappa shape index (κ2) is 6.98. The average molecular weight is 337 g/mol. The lowest BCUT2D eigenvalue weighted by atomic mass is 10.0.